The lowest BCUT2D eigenvalue weighted by Crippen LogP contribution is -2.38. The number of aromatic nitrogens is 1. The molecule has 2 heterocycles. The maximum Gasteiger partial charge on any atom is 0.261 e. The molecule has 0 radical (unpaired) electrons. The predicted octanol–water partition coefficient (Wildman–Crippen LogP) is 8.32. The molecule has 1 aliphatic rings. The summed E-state index contributed by atoms with van der Waals surface area (Å²) >= 11 is 3.17. The second-order valence-corrected chi connectivity index (χ2v) is 12.9. The molecule has 1 amide bonds. The van der Waals surface area contributed by atoms with Crippen LogP contribution in [0.15, 0.2) is 77.1 Å². The molecular weight excluding hydrogens is 647 g/mol. The molecule has 13 heteroatoms. The monoisotopic (exact) mass is 672 g/mol. The summed E-state index contributed by atoms with van der Waals surface area (Å²) in [5.74, 6) is -12.2. The number of para-hydroxylation sites is 1. The number of rotatable bonds is 8. The van der Waals surface area contributed by atoms with E-state index in [0.29, 0.717) is 11.3 Å². The smallest absolute Gasteiger partial charge is 0.261 e. The standard InChI is InChI=1S/C33H25F5N2O4S2/c1-16-22(15-45-33-40-21-4-2-3-5-23(21)46-33)43-32(44-30(16)18-8-6-17(14-41)7-9-18)19-10-12-20(13-11-19)39-31(42)24-25(34)27(36)29(38)28(37)26(24)35/h2-13,16,22,30,32,41H,14-15H2,1H3,(H,39,42). The first kappa shape index (κ1) is 32.1. The van der Waals surface area contributed by atoms with E-state index in [1.165, 1.54) is 12.1 Å². The number of benzene rings is 4. The second-order valence-electron chi connectivity index (χ2n) is 10.6. The first-order valence-corrected chi connectivity index (χ1v) is 15.9. The van der Waals surface area contributed by atoms with Crippen molar-refractivity contribution in [3.05, 3.63) is 124 Å². The normalized spacial score (nSPS) is 19.8. The summed E-state index contributed by atoms with van der Waals surface area (Å²) in [4.78, 5) is 17.2. The molecule has 46 heavy (non-hydrogen) atoms. The SMILES string of the molecule is CC1C(CSc2nc3ccccc3s2)OC(c2ccc(NC(=O)c3c(F)c(F)c(F)c(F)c3F)cc2)OC1c1ccc(CO)cc1. The summed E-state index contributed by atoms with van der Waals surface area (Å²) < 4.78 is 83.8. The number of nitrogens with one attached hydrogen (secondary N) is 1. The highest BCUT2D eigenvalue weighted by Crippen LogP contribution is 2.43. The number of ether oxygens (including phenoxy) is 2. The van der Waals surface area contributed by atoms with Gasteiger partial charge in [0.15, 0.2) is 33.9 Å². The molecule has 4 atom stereocenters. The molecule has 5 aromatic rings. The van der Waals surface area contributed by atoms with Gasteiger partial charge in [0.2, 0.25) is 5.82 Å². The van der Waals surface area contributed by atoms with Crippen molar-refractivity contribution in [1.29, 1.82) is 0 Å². The molecule has 238 valence electrons. The van der Waals surface area contributed by atoms with Crippen molar-refractivity contribution in [2.24, 2.45) is 5.92 Å². The Morgan fingerprint density at radius 1 is 0.870 bits per heavy atom. The number of carbonyl (C=O) groups excluding carboxylic acids is 1. The Kier molecular flexibility index (Phi) is 9.39. The average Bonchev–Trinajstić information content (AvgIpc) is 3.50. The average molecular weight is 673 g/mol. The number of aliphatic hydroxyl groups excluding tert-OH is 1. The Balaban J connectivity index is 1.22. The molecule has 1 fully saturated rings. The topological polar surface area (TPSA) is 80.7 Å². The largest absolute Gasteiger partial charge is 0.392 e. The maximum absolute atomic E-state index is 14.1. The molecule has 0 saturated carbocycles. The third-order valence-corrected chi connectivity index (χ3v) is 9.91. The fourth-order valence-electron chi connectivity index (χ4n) is 5.10. The van der Waals surface area contributed by atoms with Gasteiger partial charge < -0.3 is 19.9 Å². The van der Waals surface area contributed by atoms with Gasteiger partial charge in [0.25, 0.3) is 5.91 Å². The number of nitrogens with zero attached hydrogens (tertiary/aromatic N) is 1. The van der Waals surface area contributed by atoms with Crippen LogP contribution in [0, 0.1) is 35.0 Å². The van der Waals surface area contributed by atoms with E-state index in [2.05, 4.69) is 5.32 Å². The molecule has 1 saturated heterocycles. The quantitative estimate of drug-likeness (QED) is 0.0747. The third-order valence-electron chi connectivity index (χ3n) is 7.65. The summed E-state index contributed by atoms with van der Waals surface area (Å²) in [5.41, 5.74) is 1.58. The van der Waals surface area contributed by atoms with Gasteiger partial charge in [-0.3, -0.25) is 4.79 Å². The molecule has 2 N–H and O–H groups in total. The number of carbonyl (C=O) groups is 1. The van der Waals surface area contributed by atoms with Crippen molar-refractivity contribution < 1.29 is 41.3 Å². The number of thioether (sulfide) groups is 1. The Bertz CT molecular complexity index is 1830. The van der Waals surface area contributed by atoms with Crippen molar-refractivity contribution in [1.82, 2.24) is 4.98 Å². The van der Waals surface area contributed by atoms with Crippen LogP contribution in [-0.2, 0) is 16.1 Å². The molecule has 1 aromatic heterocycles. The third kappa shape index (κ3) is 6.38. The van der Waals surface area contributed by atoms with Crippen LogP contribution in [0.5, 0.6) is 0 Å². The fourth-order valence-corrected chi connectivity index (χ4v) is 7.36. The lowest BCUT2D eigenvalue weighted by atomic mass is 9.91. The Morgan fingerprint density at radius 2 is 1.50 bits per heavy atom. The second kappa shape index (κ2) is 13.5. The van der Waals surface area contributed by atoms with Crippen LogP contribution in [0.4, 0.5) is 27.6 Å². The molecule has 1 aliphatic heterocycles. The van der Waals surface area contributed by atoms with E-state index in [-0.39, 0.29) is 30.4 Å². The summed E-state index contributed by atoms with van der Waals surface area (Å²) in [7, 11) is 0. The number of amides is 1. The molecule has 6 rings (SSSR count). The molecule has 4 aromatic carbocycles. The van der Waals surface area contributed by atoms with E-state index >= 15 is 0 Å². The van der Waals surface area contributed by atoms with Gasteiger partial charge in [0, 0.05) is 22.9 Å². The minimum Gasteiger partial charge on any atom is -0.392 e. The summed E-state index contributed by atoms with van der Waals surface area (Å²) in [6.07, 6.45) is -1.52. The van der Waals surface area contributed by atoms with Gasteiger partial charge in [0.1, 0.15) is 5.56 Å². The molecule has 0 bridgehead atoms. The summed E-state index contributed by atoms with van der Waals surface area (Å²) in [5, 5.41) is 11.7. The highest BCUT2D eigenvalue weighted by atomic mass is 32.2. The first-order chi connectivity index (χ1) is 22.1. The van der Waals surface area contributed by atoms with Crippen LogP contribution in [-0.4, -0.2) is 27.9 Å². The lowest BCUT2D eigenvalue weighted by molar-refractivity contribution is -0.268. The minimum atomic E-state index is -2.35. The zero-order valence-electron chi connectivity index (χ0n) is 24.0. The Morgan fingerprint density at radius 3 is 2.15 bits per heavy atom. The summed E-state index contributed by atoms with van der Waals surface area (Å²) in [6, 6.07) is 21.2. The van der Waals surface area contributed by atoms with Gasteiger partial charge in [-0.2, -0.15) is 0 Å². The van der Waals surface area contributed by atoms with Gasteiger partial charge in [0.05, 0.1) is 29.0 Å². The van der Waals surface area contributed by atoms with Gasteiger partial charge in [-0.1, -0.05) is 67.2 Å². The predicted molar refractivity (Wildman–Crippen MR) is 164 cm³/mol. The molecular formula is C33H25F5N2O4S2. The number of hydrogen-bond acceptors (Lipinski definition) is 7. The number of halogens is 5. The van der Waals surface area contributed by atoms with Crippen LogP contribution < -0.4 is 5.32 Å². The number of fused-ring (bicyclic) bond motifs is 1. The van der Waals surface area contributed by atoms with Crippen LogP contribution in [0.25, 0.3) is 10.2 Å². The van der Waals surface area contributed by atoms with Crippen molar-refractivity contribution in [2.75, 3.05) is 11.1 Å². The first-order valence-electron chi connectivity index (χ1n) is 14.1. The van der Waals surface area contributed by atoms with E-state index in [1.54, 1.807) is 35.2 Å². The highest BCUT2D eigenvalue weighted by Gasteiger charge is 2.38. The van der Waals surface area contributed by atoms with Gasteiger partial charge >= 0.3 is 0 Å². The Labute approximate surface area is 268 Å². The van der Waals surface area contributed by atoms with Crippen LogP contribution in [0.3, 0.4) is 0 Å². The van der Waals surface area contributed by atoms with Gasteiger partial charge in [-0.25, -0.2) is 26.9 Å². The van der Waals surface area contributed by atoms with Gasteiger partial charge in [-0.05, 0) is 35.4 Å². The molecule has 4 unspecified atom stereocenters. The van der Waals surface area contributed by atoms with Crippen molar-refractivity contribution in [2.45, 2.75) is 36.4 Å². The zero-order chi connectivity index (χ0) is 32.5. The number of anilines is 1. The maximum atomic E-state index is 14.1. The van der Waals surface area contributed by atoms with Crippen molar-refractivity contribution in [3.63, 3.8) is 0 Å². The zero-order valence-corrected chi connectivity index (χ0v) is 25.6. The summed E-state index contributed by atoms with van der Waals surface area (Å²) in [6.45, 7) is 1.93. The lowest BCUT2D eigenvalue weighted by Gasteiger charge is -2.41. The van der Waals surface area contributed by atoms with Gasteiger partial charge in [-0.15, -0.1) is 11.3 Å². The number of hydrogen-bond donors (Lipinski definition) is 2. The van der Waals surface area contributed by atoms with E-state index in [9.17, 15) is 31.9 Å². The Hall–Kier alpha value is -3.88. The van der Waals surface area contributed by atoms with E-state index in [0.717, 1.165) is 25.7 Å². The minimum absolute atomic E-state index is 0.0425. The number of thiazole rings is 1. The van der Waals surface area contributed by atoms with E-state index in [1.807, 2.05) is 55.5 Å². The van der Waals surface area contributed by atoms with E-state index < -0.39 is 46.8 Å². The van der Waals surface area contributed by atoms with Crippen molar-refractivity contribution in [3.8, 4) is 0 Å². The number of aliphatic hydroxyl groups is 1. The molecule has 0 spiro atoms. The molecule has 6 nitrogen and oxygen atoms in total. The van der Waals surface area contributed by atoms with Crippen molar-refractivity contribution >= 4 is 44.9 Å². The van der Waals surface area contributed by atoms with E-state index in [4.69, 9.17) is 14.5 Å². The highest BCUT2D eigenvalue weighted by molar-refractivity contribution is 8.01. The fraction of sp³-hybridized carbons (Fsp3) is 0.212. The van der Waals surface area contributed by atoms with Crippen LogP contribution in [0.1, 0.15) is 46.4 Å². The van der Waals surface area contributed by atoms with Crippen LogP contribution >= 0.6 is 23.1 Å². The van der Waals surface area contributed by atoms with Crippen LogP contribution in [0.2, 0.25) is 0 Å². The molecule has 0 aliphatic carbocycles.